The van der Waals surface area contributed by atoms with Gasteiger partial charge in [0, 0.05) is 10.4 Å². The first-order valence-electron chi connectivity index (χ1n) is 10.0. The van der Waals surface area contributed by atoms with Gasteiger partial charge in [0.15, 0.2) is 5.17 Å². The largest absolute Gasteiger partial charge is 0.350 e. The lowest BCUT2D eigenvalue weighted by Gasteiger charge is -2.27. The van der Waals surface area contributed by atoms with Crippen molar-refractivity contribution in [2.75, 3.05) is 0 Å². The van der Waals surface area contributed by atoms with Crippen LogP contribution in [-0.4, -0.2) is 39.0 Å². The molecule has 0 radical (unpaired) electrons. The third-order valence-electron chi connectivity index (χ3n) is 4.91. The van der Waals surface area contributed by atoms with Gasteiger partial charge in [0.2, 0.25) is 5.91 Å². The van der Waals surface area contributed by atoms with E-state index in [9.17, 15) is 9.59 Å². The fraction of sp³-hybridized carbons (Fsp3) is 0.364. The van der Waals surface area contributed by atoms with Crippen LogP contribution in [0.4, 0.5) is 5.69 Å². The van der Waals surface area contributed by atoms with Gasteiger partial charge >= 0.3 is 0 Å². The van der Waals surface area contributed by atoms with E-state index in [-0.39, 0.29) is 11.8 Å². The van der Waals surface area contributed by atoms with Crippen molar-refractivity contribution >= 4 is 51.6 Å². The molecule has 2 atom stereocenters. The Morgan fingerprint density at radius 3 is 2.77 bits per heavy atom. The molecule has 2 amide bonds. The van der Waals surface area contributed by atoms with Crippen LogP contribution in [-0.2, 0) is 16.1 Å². The SMILES string of the molecule is CC(C)C[C@@H]1N=C2c3ccccc3N=C(S[C@@H](C)C(=O)NCc3cccs3)N2C1=O. The van der Waals surface area contributed by atoms with Crippen molar-refractivity contribution in [1.29, 1.82) is 0 Å². The Morgan fingerprint density at radius 2 is 2.03 bits per heavy atom. The Balaban J connectivity index is 1.55. The molecule has 2 aromatic rings. The number of amides is 2. The number of carbonyl (C=O) groups is 2. The number of hydrogen-bond donors (Lipinski definition) is 1. The molecular formula is C22H24N4O2S2. The molecule has 1 N–H and O–H groups in total. The van der Waals surface area contributed by atoms with Gasteiger partial charge in [-0.2, -0.15) is 0 Å². The van der Waals surface area contributed by atoms with E-state index in [1.807, 2.05) is 48.7 Å². The van der Waals surface area contributed by atoms with Crippen molar-refractivity contribution in [1.82, 2.24) is 10.2 Å². The van der Waals surface area contributed by atoms with Crippen LogP contribution in [0.1, 0.15) is 37.6 Å². The van der Waals surface area contributed by atoms with Gasteiger partial charge in [0.25, 0.3) is 5.91 Å². The Bertz CT molecular complexity index is 1010. The molecular weight excluding hydrogens is 416 g/mol. The first kappa shape index (κ1) is 20.8. The Morgan fingerprint density at radius 1 is 1.23 bits per heavy atom. The lowest BCUT2D eigenvalue weighted by atomic mass is 10.0. The number of thiophene rings is 1. The van der Waals surface area contributed by atoms with Gasteiger partial charge in [-0.25, -0.2) is 9.89 Å². The number of para-hydroxylation sites is 1. The number of amidine groups is 2. The topological polar surface area (TPSA) is 74.1 Å². The molecule has 0 unspecified atom stereocenters. The molecule has 0 bridgehead atoms. The van der Waals surface area contributed by atoms with Gasteiger partial charge in [-0.1, -0.05) is 43.8 Å². The predicted molar refractivity (Wildman–Crippen MR) is 123 cm³/mol. The van der Waals surface area contributed by atoms with Crippen molar-refractivity contribution in [2.45, 2.75) is 45.0 Å². The van der Waals surface area contributed by atoms with Crippen LogP contribution < -0.4 is 5.32 Å². The summed E-state index contributed by atoms with van der Waals surface area (Å²) in [5, 5.41) is 5.07. The Labute approximate surface area is 184 Å². The summed E-state index contributed by atoms with van der Waals surface area (Å²) in [5.41, 5.74) is 1.63. The number of nitrogens with zero attached hydrogens (tertiary/aromatic N) is 3. The van der Waals surface area contributed by atoms with Gasteiger partial charge < -0.3 is 5.32 Å². The fourth-order valence-corrected chi connectivity index (χ4v) is 5.01. The summed E-state index contributed by atoms with van der Waals surface area (Å²) in [7, 11) is 0. The zero-order chi connectivity index (χ0) is 21.3. The van der Waals surface area contributed by atoms with E-state index in [4.69, 9.17) is 9.98 Å². The first-order valence-corrected chi connectivity index (χ1v) is 11.8. The van der Waals surface area contributed by atoms with E-state index in [0.29, 0.717) is 29.9 Å². The summed E-state index contributed by atoms with van der Waals surface area (Å²) >= 11 is 2.90. The molecule has 1 aromatic carbocycles. The van der Waals surface area contributed by atoms with Crippen LogP contribution in [0.5, 0.6) is 0 Å². The van der Waals surface area contributed by atoms with Crippen LogP contribution in [0.25, 0.3) is 0 Å². The number of nitrogens with one attached hydrogen (secondary N) is 1. The molecule has 2 aliphatic rings. The summed E-state index contributed by atoms with van der Waals surface area (Å²) < 4.78 is 0. The molecule has 30 heavy (non-hydrogen) atoms. The second-order valence-corrected chi connectivity index (χ2v) is 10.1. The predicted octanol–water partition coefficient (Wildman–Crippen LogP) is 4.19. The average Bonchev–Trinajstić information content (AvgIpc) is 3.34. The van der Waals surface area contributed by atoms with Gasteiger partial charge in [-0.3, -0.25) is 14.6 Å². The fourth-order valence-electron chi connectivity index (χ4n) is 3.42. The molecule has 8 heteroatoms. The number of rotatable bonds is 6. The summed E-state index contributed by atoms with van der Waals surface area (Å²) in [6, 6.07) is 11.2. The number of carbonyl (C=O) groups excluding carboxylic acids is 2. The Kier molecular flexibility index (Phi) is 6.06. The molecule has 0 fully saturated rings. The highest BCUT2D eigenvalue weighted by molar-refractivity contribution is 8.15. The number of benzene rings is 1. The molecule has 156 valence electrons. The molecule has 6 nitrogen and oxygen atoms in total. The number of thioether (sulfide) groups is 1. The van der Waals surface area contributed by atoms with Gasteiger partial charge in [-0.15, -0.1) is 11.3 Å². The molecule has 0 spiro atoms. The quantitative estimate of drug-likeness (QED) is 0.732. The van der Waals surface area contributed by atoms with E-state index in [1.165, 1.54) is 11.8 Å². The van der Waals surface area contributed by atoms with Crippen LogP contribution in [0.15, 0.2) is 51.8 Å². The van der Waals surface area contributed by atoms with Crippen molar-refractivity contribution < 1.29 is 9.59 Å². The van der Waals surface area contributed by atoms with E-state index >= 15 is 0 Å². The lowest BCUT2D eigenvalue weighted by Crippen LogP contribution is -2.43. The maximum Gasteiger partial charge on any atom is 0.259 e. The number of fused-ring (bicyclic) bond motifs is 3. The highest BCUT2D eigenvalue weighted by Gasteiger charge is 2.42. The molecule has 4 rings (SSSR count). The molecule has 0 saturated carbocycles. The highest BCUT2D eigenvalue weighted by Crippen LogP contribution is 2.35. The smallest absolute Gasteiger partial charge is 0.259 e. The first-order chi connectivity index (χ1) is 14.4. The monoisotopic (exact) mass is 440 g/mol. The number of aliphatic imine (C=N–C) groups is 2. The third kappa shape index (κ3) is 4.20. The van der Waals surface area contributed by atoms with Gasteiger partial charge in [0.05, 0.1) is 17.5 Å². The number of hydrogen-bond acceptors (Lipinski definition) is 6. The maximum absolute atomic E-state index is 13.1. The van der Waals surface area contributed by atoms with Crippen LogP contribution in [0.3, 0.4) is 0 Å². The average molecular weight is 441 g/mol. The van der Waals surface area contributed by atoms with Crippen LogP contribution >= 0.6 is 23.1 Å². The molecule has 3 heterocycles. The van der Waals surface area contributed by atoms with E-state index in [1.54, 1.807) is 16.2 Å². The second-order valence-electron chi connectivity index (χ2n) is 7.74. The molecule has 2 aliphatic heterocycles. The zero-order valence-electron chi connectivity index (χ0n) is 17.2. The highest BCUT2D eigenvalue weighted by atomic mass is 32.2. The van der Waals surface area contributed by atoms with Crippen molar-refractivity contribution in [3.63, 3.8) is 0 Å². The molecule has 0 saturated heterocycles. The summed E-state index contributed by atoms with van der Waals surface area (Å²) in [6.45, 7) is 6.51. The normalized spacial score (nSPS) is 18.6. The second kappa shape index (κ2) is 8.73. The van der Waals surface area contributed by atoms with Crippen molar-refractivity contribution in [2.24, 2.45) is 15.9 Å². The lowest BCUT2D eigenvalue weighted by molar-refractivity contribution is -0.125. The molecule has 1 aromatic heterocycles. The standard InChI is InChI=1S/C22H24N4O2S2/c1-13(2)11-18-21(28)26-19(24-18)16-8-4-5-9-17(16)25-22(26)30-14(3)20(27)23-12-15-7-6-10-29-15/h4-10,13-14,18H,11-12H2,1-3H3,(H,23,27)/t14-,18-/m0/s1. The molecule has 0 aliphatic carbocycles. The van der Waals surface area contributed by atoms with Crippen LogP contribution in [0.2, 0.25) is 0 Å². The third-order valence-corrected chi connectivity index (χ3v) is 6.84. The minimum Gasteiger partial charge on any atom is -0.350 e. The van der Waals surface area contributed by atoms with E-state index in [0.717, 1.165) is 16.1 Å². The Hall–Kier alpha value is -2.45. The minimum absolute atomic E-state index is 0.0642. The summed E-state index contributed by atoms with van der Waals surface area (Å²) in [5.74, 6) is 0.851. The van der Waals surface area contributed by atoms with Crippen molar-refractivity contribution in [3.8, 4) is 0 Å². The minimum atomic E-state index is -0.403. The van der Waals surface area contributed by atoms with Crippen molar-refractivity contribution in [3.05, 3.63) is 52.2 Å². The van der Waals surface area contributed by atoms with E-state index < -0.39 is 11.3 Å². The summed E-state index contributed by atoms with van der Waals surface area (Å²) in [4.78, 5) is 37.9. The van der Waals surface area contributed by atoms with E-state index in [2.05, 4.69) is 19.2 Å². The van der Waals surface area contributed by atoms with Gasteiger partial charge in [0.1, 0.15) is 11.9 Å². The van der Waals surface area contributed by atoms with Gasteiger partial charge in [-0.05, 0) is 42.8 Å². The maximum atomic E-state index is 13.1. The summed E-state index contributed by atoms with van der Waals surface area (Å²) in [6.07, 6.45) is 0.690. The van der Waals surface area contributed by atoms with Crippen LogP contribution in [0, 0.1) is 5.92 Å². The zero-order valence-corrected chi connectivity index (χ0v) is 18.8.